The molecule has 0 radical (unpaired) electrons. The van der Waals surface area contributed by atoms with Crippen molar-refractivity contribution in [3.8, 4) is 0 Å². The van der Waals surface area contributed by atoms with Crippen LogP contribution >= 0.6 is 35.3 Å². The first-order chi connectivity index (χ1) is 9.96. The number of thiophene rings is 1. The second-order valence-electron chi connectivity index (χ2n) is 5.00. The van der Waals surface area contributed by atoms with Crippen molar-refractivity contribution >= 4 is 51.1 Å². The van der Waals surface area contributed by atoms with Gasteiger partial charge in [-0.15, -0.1) is 35.3 Å². The van der Waals surface area contributed by atoms with E-state index in [0.717, 1.165) is 13.0 Å². The van der Waals surface area contributed by atoms with Crippen LogP contribution in [0.5, 0.6) is 0 Å². The van der Waals surface area contributed by atoms with E-state index in [9.17, 15) is 8.42 Å². The van der Waals surface area contributed by atoms with E-state index in [4.69, 9.17) is 0 Å². The van der Waals surface area contributed by atoms with Gasteiger partial charge >= 0.3 is 0 Å². The average Bonchev–Trinajstić information content (AvgIpc) is 2.95. The molecule has 0 amide bonds. The van der Waals surface area contributed by atoms with Crippen molar-refractivity contribution in [2.75, 3.05) is 31.6 Å². The third kappa shape index (κ3) is 8.94. The average molecular weight is 459 g/mol. The molecule has 0 saturated heterocycles. The summed E-state index contributed by atoms with van der Waals surface area (Å²) in [5, 5.41) is 8.36. The number of hydrogen-bond acceptors (Lipinski definition) is 4. The Bertz CT molecular complexity index is 530. The van der Waals surface area contributed by atoms with Gasteiger partial charge in [0.2, 0.25) is 0 Å². The highest BCUT2D eigenvalue weighted by atomic mass is 127. The summed E-state index contributed by atoms with van der Waals surface area (Å²) in [6.07, 6.45) is 1.03. The highest BCUT2D eigenvalue weighted by molar-refractivity contribution is 14.0. The van der Waals surface area contributed by atoms with Crippen LogP contribution < -0.4 is 10.6 Å². The van der Waals surface area contributed by atoms with E-state index in [1.54, 1.807) is 25.3 Å². The fourth-order valence-electron chi connectivity index (χ4n) is 1.81. The zero-order valence-corrected chi connectivity index (χ0v) is 17.3. The molecule has 0 saturated carbocycles. The standard InChI is InChI=1S/C14H25N3O2S2.HI/c1-4-21(18,19)9-7-16-14(15-3)17-11-12(2)10-13-6-5-8-20-13;/h5-6,8,12H,4,7,9-11H2,1-3H3,(H2,15,16,17);1H. The van der Waals surface area contributed by atoms with Gasteiger partial charge in [-0.3, -0.25) is 4.99 Å². The molecule has 0 aliphatic carbocycles. The quantitative estimate of drug-likeness (QED) is 0.355. The monoisotopic (exact) mass is 459 g/mol. The normalized spacial score (nSPS) is 13.3. The maximum absolute atomic E-state index is 11.4. The summed E-state index contributed by atoms with van der Waals surface area (Å²) in [5.41, 5.74) is 0. The molecule has 0 spiro atoms. The Hall–Kier alpha value is -0.350. The molecule has 0 fully saturated rings. The Morgan fingerprint density at radius 2 is 2.14 bits per heavy atom. The second-order valence-corrected chi connectivity index (χ2v) is 8.51. The molecular formula is C14H26IN3O2S2. The summed E-state index contributed by atoms with van der Waals surface area (Å²) in [5.74, 6) is 1.45. The van der Waals surface area contributed by atoms with E-state index in [1.165, 1.54) is 4.88 Å². The van der Waals surface area contributed by atoms with Gasteiger partial charge in [0.25, 0.3) is 0 Å². The Morgan fingerprint density at radius 1 is 1.41 bits per heavy atom. The molecule has 2 N–H and O–H groups in total. The molecule has 0 aliphatic rings. The molecule has 1 unspecified atom stereocenters. The van der Waals surface area contributed by atoms with Crippen LogP contribution in [0.1, 0.15) is 18.7 Å². The first-order valence-electron chi connectivity index (χ1n) is 7.14. The number of nitrogens with one attached hydrogen (secondary N) is 2. The lowest BCUT2D eigenvalue weighted by Crippen LogP contribution is -2.41. The zero-order chi connectivity index (χ0) is 15.7. The van der Waals surface area contributed by atoms with Gasteiger partial charge in [-0.2, -0.15) is 0 Å². The molecule has 128 valence electrons. The van der Waals surface area contributed by atoms with Crippen LogP contribution in [0.25, 0.3) is 0 Å². The highest BCUT2D eigenvalue weighted by Gasteiger charge is 2.09. The van der Waals surface area contributed by atoms with Crippen LogP contribution in [0.4, 0.5) is 0 Å². The van der Waals surface area contributed by atoms with Crippen molar-refractivity contribution in [3.05, 3.63) is 22.4 Å². The van der Waals surface area contributed by atoms with Gasteiger partial charge in [-0.1, -0.05) is 19.9 Å². The summed E-state index contributed by atoms with van der Waals surface area (Å²) >= 11 is 1.77. The third-order valence-corrected chi connectivity index (χ3v) is 5.72. The summed E-state index contributed by atoms with van der Waals surface area (Å²) in [6, 6.07) is 4.21. The van der Waals surface area contributed by atoms with Crippen LogP contribution in [0.2, 0.25) is 0 Å². The third-order valence-electron chi connectivity index (χ3n) is 3.12. The Balaban J connectivity index is 0.00000441. The molecule has 22 heavy (non-hydrogen) atoms. The van der Waals surface area contributed by atoms with Gasteiger partial charge in [0.15, 0.2) is 15.8 Å². The maximum atomic E-state index is 11.4. The highest BCUT2D eigenvalue weighted by Crippen LogP contribution is 2.13. The molecule has 1 rings (SSSR count). The number of nitrogens with zero attached hydrogens (tertiary/aromatic N) is 1. The second kappa shape index (κ2) is 11.2. The van der Waals surface area contributed by atoms with Crippen LogP contribution in [0.15, 0.2) is 22.5 Å². The van der Waals surface area contributed by atoms with E-state index in [-0.39, 0.29) is 35.5 Å². The summed E-state index contributed by atoms with van der Waals surface area (Å²) in [6.45, 7) is 5.03. The minimum atomic E-state index is -2.93. The fraction of sp³-hybridized carbons (Fsp3) is 0.643. The predicted octanol–water partition coefficient (Wildman–Crippen LogP) is 2.14. The van der Waals surface area contributed by atoms with E-state index < -0.39 is 9.84 Å². The Morgan fingerprint density at radius 3 is 2.68 bits per heavy atom. The molecule has 1 aromatic heterocycles. The number of hydrogen-bond donors (Lipinski definition) is 2. The van der Waals surface area contributed by atoms with Gasteiger partial charge in [0.05, 0.1) is 5.75 Å². The molecule has 0 aromatic carbocycles. The van der Waals surface area contributed by atoms with Gasteiger partial charge in [0.1, 0.15) is 0 Å². The lowest BCUT2D eigenvalue weighted by Gasteiger charge is -2.15. The Labute approximate surface area is 154 Å². The van der Waals surface area contributed by atoms with Gasteiger partial charge in [0, 0.05) is 30.8 Å². The molecule has 0 aliphatic heterocycles. The van der Waals surface area contributed by atoms with Crippen molar-refractivity contribution < 1.29 is 8.42 Å². The number of sulfone groups is 1. The van der Waals surface area contributed by atoms with Crippen molar-refractivity contribution in [2.45, 2.75) is 20.3 Å². The van der Waals surface area contributed by atoms with Gasteiger partial charge in [-0.25, -0.2) is 8.42 Å². The van der Waals surface area contributed by atoms with E-state index in [0.29, 0.717) is 18.4 Å². The van der Waals surface area contributed by atoms with Crippen LogP contribution in [-0.2, 0) is 16.3 Å². The minimum absolute atomic E-state index is 0. The minimum Gasteiger partial charge on any atom is -0.356 e. The molecule has 1 heterocycles. The van der Waals surface area contributed by atoms with Crippen LogP contribution in [-0.4, -0.2) is 46.0 Å². The number of rotatable bonds is 8. The lowest BCUT2D eigenvalue weighted by atomic mass is 10.1. The summed E-state index contributed by atoms with van der Waals surface area (Å²) in [4.78, 5) is 5.48. The summed E-state index contributed by atoms with van der Waals surface area (Å²) in [7, 11) is -1.24. The fourth-order valence-corrected chi connectivity index (χ4v) is 3.38. The number of aliphatic imine (C=N–C) groups is 1. The van der Waals surface area contributed by atoms with Crippen molar-refractivity contribution in [1.29, 1.82) is 0 Å². The summed E-state index contributed by atoms with van der Waals surface area (Å²) < 4.78 is 22.8. The molecule has 5 nitrogen and oxygen atoms in total. The predicted molar refractivity (Wildman–Crippen MR) is 106 cm³/mol. The van der Waals surface area contributed by atoms with Crippen LogP contribution in [0, 0.1) is 5.92 Å². The lowest BCUT2D eigenvalue weighted by molar-refractivity contribution is 0.562. The van der Waals surface area contributed by atoms with Gasteiger partial charge < -0.3 is 10.6 Å². The topological polar surface area (TPSA) is 70.6 Å². The molecule has 1 atom stereocenters. The van der Waals surface area contributed by atoms with E-state index in [1.807, 2.05) is 0 Å². The van der Waals surface area contributed by atoms with Crippen molar-refractivity contribution in [1.82, 2.24) is 10.6 Å². The Kier molecular flexibility index (Phi) is 11.0. The van der Waals surface area contributed by atoms with Crippen molar-refractivity contribution in [3.63, 3.8) is 0 Å². The largest absolute Gasteiger partial charge is 0.356 e. The molecule has 8 heteroatoms. The molecular weight excluding hydrogens is 433 g/mol. The van der Waals surface area contributed by atoms with E-state index >= 15 is 0 Å². The molecule has 1 aromatic rings. The van der Waals surface area contributed by atoms with Crippen molar-refractivity contribution in [2.24, 2.45) is 10.9 Å². The zero-order valence-electron chi connectivity index (χ0n) is 13.3. The van der Waals surface area contributed by atoms with E-state index in [2.05, 4.69) is 40.1 Å². The number of halogens is 1. The van der Waals surface area contributed by atoms with Crippen LogP contribution in [0.3, 0.4) is 0 Å². The smallest absolute Gasteiger partial charge is 0.191 e. The first-order valence-corrected chi connectivity index (χ1v) is 9.84. The molecule has 0 bridgehead atoms. The first kappa shape index (κ1) is 21.6. The number of guanidine groups is 1. The van der Waals surface area contributed by atoms with Gasteiger partial charge in [-0.05, 0) is 23.8 Å². The SMILES string of the molecule is CCS(=O)(=O)CCNC(=NC)NCC(C)Cc1cccs1.I. The maximum Gasteiger partial charge on any atom is 0.191 e.